The number of rotatable bonds is 7. The third-order valence-electron chi connectivity index (χ3n) is 8.59. The number of esters is 1. The van der Waals surface area contributed by atoms with Crippen molar-refractivity contribution in [2.24, 2.45) is 0 Å². The number of piperidine rings is 1. The van der Waals surface area contributed by atoms with Crippen molar-refractivity contribution >= 4 is 46.6 Å². The van der Waals surface area contributed by atoms with E-state index in [0.717, 1.165) is 48.7 Å². The number of carbonyl (C=O) groups excluding carboxylic acids is 2. The number of ether oxygens (including phenoxy) is 2. The molecule has 1 N–H and O–H groups in total. The number of likely N-dealkylation sites (tertiary alicyclic amines) is 1. The first-order chi connectivity index (χ1) is 22.4. The highest BCUT2D eigenvalue weighted by molar-refractivity contribution is 6.35. The van der Waals surface area contributed by atoms with Crippen molar-refractivity contribution in [3.63, 3.8) is 0 Å². The van der Waals surface area contributed by atoms with Gasteiger partial charge in [0.15, 0.2) is 0 Å². The molecule has 2 heterocycles. The monoisotopic (exact) mass is 658 g/mol. The largest absolute Gasteiger partial charge is 0.495 e. The van der Waals surface area contributed by atoms with Crippen molar-refractivity contribution in [1.82, 2.24) is 9.80 Å². The Labute approximate surface area is 279 Å². The van der Waals surface area contributed by atoms with Crippen LogP contribution in [-0.4, -0.2) is 80.3 Å². The molecule has 2 aliphatic heterocycles. The molecule has 2 amide bonds. The van der Waals surface area contributed by atoms with E-state index in [1.807, 2.05) is 66.7 Å². The van der Waals surface area contributed by atoms with E-state index in [4.69, 9.17) is 32.7 Å². The Balaban J connectivity index is 1.19. The first kappa shape index (κ1) is 31.7. The summed E-state index contributed by atoms with van der Waals surface area (Å²) in [7, 11) is 1.68. The highest BCUT2D eigenvalue weighted by atomic mass is 35.5. The third kappa shape index (κ3) is 7.41. The van der Waals surface area contributed by atoms with Gasteiger partial charge in [-0.15, -0.1) is 0 Å². The lowest BCUT2D eigenvalue weighted by molar-refractivity contribution is -0.0290. The molecule has 238 valence electrons. The highest BCUT2D eigenvalue weighted by Gasteiger charge is 2.39. The smallest absolute Gasteiger partial charge is 0.338 e. The number of nitrogens with one attached hydrogen (secondary N) is 1. The van der Waals surface area contributed by atoms with E-state index in [1.54, 1.807) is 36.3 Å². The second kappa shape index (κ2) is 14.5. The summed E-state index contributed by atoms with van der Waals surface area (Å²) >= 11 is 12.3. The van der Waals surface area contributed by atoms with Gasteiger partial charge in [-0.1, -0.05) is 77.8 Å². The molecule has 0 radical (unpaired) electrons. The van der Waals surface area contributed by atoms with Crippen LogP contribution >= 0.6 is 23.2 Å². The number of hydrogen-bond acceptors (Lipinski definition) is 6. The van der Waals surface area contributed by atoms with Crippen LogP contribution in [0.3, 0.4) is 0 Å². The van der Waals surface area contributed by atoms with Crippen molar-refractivity contribution in [1.29, 1.82) is 0 Å². The predicted octanol–water partition coefficient (Wildman–Crippen LogP) is 7.32. The maximum atomic E-state index is 13.6. The molecule has 2 atom stereocenters. The number of halogens is 2. The standard InChI is InChI=1S/C36H36Cl2N4O4/c1-45-33-13-6-5-12-31(33)40-16-18-41(19-17-40)32-24-42(36(44)39-30-22-28(37)21-29(38)23-30)15-14-34(32)46-35(43)27-11-7-10-26(20-27)25-8-3-2-4-9-25/h2-13,20-23,32,34H,14-19,24H2,1H3,(H,39,44)/t32-,34-/m1/s1. The molecule has 10 heteroatoms. The third-order valence-corrected chi connectivity index (χ3v) is 9.03. The van der Waals surface area contributed by atoms with Gasteiger partial charge in [-0.25, -0.2) is 9.59 Å². The van der Waals surface area contributed by atoms with Gasteiger partial charge in [-0.05, 0) is 53.6 Å². The van der Waals surface area contributed by atoms with E-state index in [2.05, 4.69) is 21.2 Å². The van der Waals surface area contributed by atoms with Crippen molar-refractivity contribution in [3.05, 3.63) is 113 Å². The molecular formula is C36H36Cl2N4O4. The molecule has 0 aliphatic carbocycles. The van der Waals surface area contributed by atoms with Crippen LogP contribution in [0.4, 0.5) is 16.2 Å². The van der Waals surface area contributed by atoms with E-state index < -0.39 is 6.10 Å². The summed E-state index contributed by atoms with van der Waals surface area (Å²) in [5.41, 5.74) is 4.06. The first-order valence-corrected chi connectivity index (χ1v) is 16.1. The Morgan fingerprint density at radius 2 is 1.48 bits per heavy atom. The lowest BCUT2D eigenvalue weighted by Gasteiger charge is -2.46. The molecule has 0 saturated carbocycles. The van der Waals surface area contributed by atoms with Crippen LogP contribution in [0.5, 0.6) is 5.75 Å². The van der Waals surface area contributed by atoms with Gasteiger partial charge in [-0.3, -0.25) is 4.90 Å². The van der Waals surface area contributed by atoms with Crippen LogP contribution in [-0.2, 0) is 4.74 Å². The molecule has 4 aromatic carbocycles. The summed E-state index contributed by atoms with van der Waals surface area (Å²) in [6.45, 7) is 3.84. The minimum absolute atomic E-state index is 0.191. The normalized spacial score (nSPS) is 18.6. The Kier molecular flexibility index (Phi) is 9.97. The van der Waals surface area contributed by atoms with Crippen LogP contribution in [0.25, 0.3) is 11.1 Å². The maximum Gasteiger partial charge on any atom is 0.338 e. The number of carbonyl (C=O) groups is 2. The lowest BCUT2D eigenvalue weighted by atomic mass is 9.99. The fraction of sp³-hybridized carbons (Fsp3) is 0.278. The molecule has 0 bridgehead atoms. The van der Waals surface area contributed by atoms with Gasteiger partial charge in [-0.2, -0.15) is 0 Å². The SMILES string of the molecule is COc1ccccc1N1CCN([C@@H]2CN(C(=O)Nc3cc(Cl)cc(Cl)c3)CC[C@H]2OC(=O)c2cccc(-c3ccccc3)c2)CC1. The predicted molar refractivity (Wildman–Crippen MR) is 183 cm³/mol. The molecule has 46 heavy (non-hydrogen) atoms. The van der Waals surface area contributed by atoms with Gasteiger partial charge >= 0.3 is 12.0 Å². The number of piperazine rings is 1. The summed E-state index contributed by atoms with van der Waals surface area (Å²) in [5.74, 6) is 0.467. The molecule has 0 aromatic heterocycles. The van der Waals surface area contributed by atoms with Crippen LogP contribution in [0.15, 0.2) is 97.1 Å². The van der Waals surface area contributed by atoms with Gasteiger partial charge in [0.25, 0.3) is 0 Å². The van der Waals surface area contributed by atoms with Crippen LogP contribution < -0.4 is 15.0 Å². The molecule has 6 rings (SSSR count). The van der Waals surface area contributed by atoms with Gasteiger partial charge < -0.3 is 24.6 Å². The van der Waals surface area contributed by atoms with Crippen molar-refractivity contribution in [2.75, 3.05) is 56.6 Å². The minimum Gasteiger partial charge on any atom is -0.495 e. The van der Waals surface area contributed by atoms with Gasteiger partial charge in [0.05, 0.1) is 24.4 Å². The Morgan fingerprint density at radius 1 is 0.783 bits per heavy atom. The van der Waals surface area contributed by atoms with Crippen molar-refractivity contribution in [2.45, 2.75) is 18.6 Å². The van der Waals surface area contributed by atoms with E-state index in [0.29, 0.717) is 40.8 Å². The lowest BCUT2D eigenvalue weighted by Crippen LogP contribution is -2.61. The van der Waals surface area contributed by atoms with Gasteiger partial charge in [0.2, 0.25) is 0 Å². The topological polar surface area (TPSA) is 74.3 Å². The second-order valence-electron chi connectivity index (χ2n) is 11.5. The fourth-order valence-corrected chi connectivity index (χ4v) is 6.78. The molecular weight excluding hydrogens is 623 g/mol. The number of hydrogen-bond donors (Lipinski definition) is 1. The maximum absolute atomic E-state index is 13.6. The number of para-hydroxylation sites is 2. The zero-order valence-electron chi connectivity index (χ0n) is 25.6. The van der Waals surface area contributed by atoms with Crippen molar-refractivity contribution in [3.8, 4) is 16.9 Å². The van der Waals surface area contributed by atoms with Crippen LogP contribution in [0, 0.1) is 0 Å². The zero-order chi connectivity index (χ0) is 32.0. The van der Waals surface area contributed by atoms with E-state index in [-0.39, 0.29) is 18.0 Å². The molecule has 0 unspecified atom stereocenters. The number of benzene rings is 4. The zero-order valence-corrected chi connectivity index (χ0v) is 27.1. The molecule has 2 aliphatic rings. The first-order valence-electron chi connectivity index (χ1n) is 15.4. The molecule has 0 spiro atoms. The second-order valence-corrected chi connectivity index (χ2v) is 12.3. The number of urea groups is 1. The number of methoxy groups -OCH3 is 1. The van der Waals surface area contributed by atoms with E-state index in [9.17, 15) is 9.59 Å². The van der Waals surface area contributed by atoms with E-state index >= 15 is 0 Å². The average Bonchev–Trinajstić information content (AvgIpc) is 3.08. The highest BCUT2D eigenvalue weighted by Crippen LogP contribution is 2.31. The molecule has 2 fully saturated rings. The van der Waals surface area contributed by atoms with Crippen LogP contribution in [0.2, 0.25) is 10.0 Å². The minimum atomic E-state index is -0.393. The van der Waals surface area contributed by atoms with E-state index in [1.165, 1.54) is 0 Å². The summed E-state index contributed by atoms with van der Waals surface area (Å²) in [5, 5.41) is 3.81. The summed E-state index contributed by atoms with van der Waals surface area (Å²) in [6, 6.07) is 30.0. The van der Waals surface area contributed by atoms with Gasteiger partial charge in [0.1, 0.15) is 11.9 Å². The number of amides is 2. The number of anilines is 2. The summed E-state index contributed by atoms with van der Waals surface area (Å²) in [4.78, 5) is 33.4. The molecule has 8 nitrogen and oxygen atoms in total. The van der Waals surface area contributed by atoms with Crippen molar-refractivity contribution < 1.29 is 19.1 Å². The quantitative estimate of drug-likeness (QED) is 0.210. The van der Waals surface area contributed by atoms with Crippen LogP contribution in [0.1, 0.15) is 16.8 Å². The summed E-state index contributed by atoms with van der Waals surface area (Å²) in [6.07, 6.45) is 0.112. The Bertz CT molecular complexity index is 1660. The average molecular weight is 660 g/mol. The number of nitrogens with zero attached hydrogens (tertiary/aromatic N) is 3. The Hall–Kier alpha value is -4.24. The van der Waals surface area contributed by atoms with Gasteiger partial charge in [0, 0.05) is 61.4 Å². The summed E-state index contributed by atoms with van der Waals surface area (Å²) < 4.78 is 11.9. The fourth-order valence-electron chi connectivity index (χ4n) is 6.26. The molecule has 2 saturated heterocycles. The molecule has 4 aromatic rings. The Morgan fingerprint density at radius 3 is 2.22 bits per heavy atom.